The third-order valence-corrected chi connectivity index (χ3v) is 3.32. The van der Waals surface area contributed by atoms with E-state index in [9.17, 15) is 0 Å². The van der Waals surface area contributed by atoms with Crippen LogP contribution in [0.25, 0.3) is 0 Å². The smallest absolute Gasteiger partial charge is 0.108 e. The number of benzene rings is 1. The van der Waals surface area contributed by atoms with Crippen LogP contribution in [0.15, 0.2) is 36.7 Å². The van der Waals surface area contributed by atoms with Gasteiger partial charge in [0.25, 0.3) is 0 Å². The van der Waals surface area contributed by atoms with Crippen LogP contribution in [-0.2, 0) is 19.5 Å². The maximum atomic E-state index is 4.38. The summed E-state index contributed by atoms with van der Waals surface area (Å²) < 4.78 is 2.23. The van der Waals surface area contributed by atoms with E-state index in [-0.39, 0.29) is 0 Å². The first-order valence-electron chi connectivity index (χ1n) is 7.12. The Bertz CT molecular complexity index is 502. The average Bonchev–Trinajstić information content (AvgIpc) is 2.88. The van der Waals surface area contributed by atoms with Gasteiger partial charge in [0.05, 0.1) is 0 Å². The Morgan fingerprint density at radius 2 is 1.95 bits per heavy atom. The fourth-order valence-corrected chi connectivity index (χ4v) is 2.27. The molecule has 0 amide bonds. The lowest BCUT2D eigenvalue weighted by atomic mass is 10.1. The first-order chi connectivity index (χ1) is 9.35. The van der Waals surface area contributed by atoms with E-state index in [0.717, 1.165) is 31.9 Å². The Labute approximate surface area is 115 Å². The van der Waals surface area contributed by atoms with Crippen molar-refractivity contribution in [2.45, 2.75) is 39.8 Å². The molecule has 0 aliphatic carbocycles. The molecule has 3 nitrogen and oxygen atoms in total. The molecule has 2 rings (SSSR count). The van der Waals surface area contributed by atoms with Gasteiger partial charge in [-0.05, 0) is 24.1 Å². The van der Waals surface area contributed by atoms with Crippen molar-refractivity contribution in [3.05, 3.63) is 53.6 Å². The molecule has 0 radical (unpaired) electrons. The Balaban J connectivity index is 2.11. The summed E-state index contributed by atoms with van der Waals surface area (Å²) in [5, 5.41) is 3.48. The zero-order chi connectivity index (χ0) is 13.5. The standard InChI is InChI=1S/C16H23N3/c1-3-9-17-12-14-7-5-6-8-15(14)13-19-11-10-18-16(19)4-2/h5-8,10-11,17H,3-4,9,12-13H2,1-2H3. The van der Waals surface area contributed by atoms with Crippen molar-refractivity contribution in [1.29, 1.82) is 0 Å². The maximum Gasteiger partial charge on any atom is 0.108 e. The average molecular weight is 257 g/mol. The molecule has 1 aromatic carbocycles. The van der Waals surface area contributed by atoms with Gasteiger partial charge in [-0.3, -0.25) is 0 Å². The molecular formula is C16H23N3. The lowest BCUT2D eigenvalue weighted by molar-refractivity contribution is 0.661. The second-order valence-electron chi connectivity index (χ2n) is 4.77. The Hall–Kier alpha value is -1.61. The minimum absolute atomic E-state index is 0.910. The van der Waals surface area contributed by atoms with E-state index in [1.165, 1.54) is 17.5 Å². The van der Waals surface area contributed by atoms with Gasteiger partial charge in [0.1, 0.15) is 5.82 Å². The quantitative estimate of drug-likeness (QED) is 0.773. The van der Waals surface area contributed by atoms with Crippen molar-refractivity contribution < 1.29 is 0 Å². The summed E-state index contributed by atoms with van der Waals surface area (Å²) in [5.41, 5.74) is 2.76. The van der Waals surface area contributed by atoms with Gasteiger partial charge in [0.2, 0.25) is 0 Å². The second kappa shape index (κ2) is 7.10. The van der Waals surface area contributed by atoms with E-state index >= 15 is 0 Å². The summed E-state index contributed by atoms with van der Waals surface area (Å²) in [6.45, 7) is 7.26. The van der Waals surface area contributed by atoms with Gasteiger partial charge >= 0.3 is 0 Å². The van der Waals surface area contributed by atoms with Crippen LogP contribution in [0.5, 0.6) is 0 Å². The SMILES string of the molecule is CCCNCc1ccccc1Cn1ccnc1CC. The van der Waals surface area contributed by atoms with Gasteiger partial charge in [-0.15, -0.1) is 0 Å². The van der Waals surface area contributed by atoms with E-state index in [4.69, 9.17) is 0 Å². The first kappa shape index (κ1) is 13.8. The molecule has 0 atom stereocenters. The largest absolute Gasteiger partial charge is 0.331 e. The van der Waals surface area contributed by atoms with Crippen LogP contribution < -0.4 is 5.32 Å². The van der Waals surface area contributed by atoms with Crippen molar-refractivity contribution in [3.8, 4) is 0 Å². The van der Waals surface area contributed by atoms with Gasteiger partial charge in [0, 0.05) is 31.9 Å². The van der Waals surface area contributed by atoms with Gasteiger partial charge < -0.3 is 9.88 Å². The Morgan fingerprint density at radius 1 is 1.16 bits per heavy atom. The highest BCUT2D eigenvalue weighted by Gasteiger charge is 2.05. The van der Waals surface area contributed by atoms with Gasteiger partial charge in [-0.1, -0.05) is 38.1 Å². The third-order valence-electron chi connectivity index (χ3n) is 3.32. The molecule has 102 valence electrons. The van der Waals surface area contributed by atoms with Crippen LogP contribution in [0.4, 0.5) is 0 Å². The first-order valence-corrected chi connectivity index (χ1v) is 7.12. The van der Waals surface area contributed by atoms with Crippen molar-refractivity contribution in [2.75, 3.05) is 6.54 Å². The maximum absolute atomic E-state index is 4.38. The molecule has 0 fully saturated rings. The number of rotatable bonds is 7. The third kappa shape index (κ3) is 3.67. The number of hydrogen-bond donors (Lipinski definition) is 1. The molecule has 0 saturated carbocycles. The van der Waals surface area contributed by atoms with E-state index in [0.29, 0.717) is 0 Å². The molecule has 3 heteroatoms. The number of hydrogen-bond acceptors (Lipinski definition) is 2. The normalized spacial score (nSPS) is 10.8. The van der Waals surface area contributed by atoms with Gasteiger partial charge in [0.15, 0.2) is 0 Å². The molecule has 0 aliphatic rings. The van der Waals surface area contributed by atoms with Crippen LogP contribution in [0.3, 0.4) is 0 Å². The summed E-state index contributed by atoms with van der Waals surface area (Å²) in [6, 6.07) is 8.64. The summed E-state index contributed by atoms with van der Waals surface area (Å²) in [6.07, 6.45) is 6.10. The molecule has 0 unspecified atom stereocenters. The second-order valence-corrected chi connectivity index (χ2v) is 4.77. The van der Waals surface area contributed by atoms with Crippen molar-refractivity contribution in [1.82, 2.24) is 14.9 Å². The minimum atomic E-state index is 0.910. The molecule has 1 N–H and O–H groups in total. The van der Waals surface area contributed by atoms with Crippen LogP contribution in [0.1, 0.15) is 37.2 Å². The highest BCUT2D eigenvalue weighted by Crippen LogP contribution is 2.12. The molecule has 19 heavy (non-hydrogen) atoms. The topological polar surface area (TPSA) is 29.9 Å². The number of nitrogens with one attached hydrogen (secondary N) is 1. The molecule has 0 aliphatic heterocycles. The molecule has 1 heterocycles. The molecule has 0 spiro atoms. The van der Waals surface area contributed by atoms with Gasteiger partial charge in [-0.25, -0.2) is 4.98 Å². The molecular weight excluding hydrogens is 234 g/mol. The highest BCUT2D eigenvalue weighted by molar-refractivity contribution is 5.27. The fraction of sp³-hybridized carbons (Fsp3) is 0.438. The molecule has 2 aromatic rings. The van der Waals surface area contributed by atoms with E-state index < -0.39 is 0 Å². The monoisotopic (exact) mass is 257 g/mol. The zero-order valence-corrected chi connectivity index (χ0v) is 11.9. The minimum Gasteiger partial charge on any atom is -0.331 e. The summed E-state index contributed by atoms with van der Waals surface area (Å²) in [4.78, 5) is 4.38. The highest BCUT2D eigenvalue weighted by atomic mass is 15.1. The van der Waals surface area contributed by atoms with E-state index in [1.54, 1.807) is 0 Å². The van der Waals surface area contributed by atoms with Crippen LogP contribution in [0.2, 0.25) is 0 Å². The zero-order valence-electron chi connectivity index (χ0n) is 11.9. The number of aryl methyl sites for hydroxylation is 1. The lowest BCUT2D eigenvalue weighted by Gasteiger charge is -2.12. The molecule has 1 aromatic heterocycles. The Morgan fingerprint density at radius 3 is 2.68 bits per heavy atom. The fourth-order valence-electron chi connectivity index (χ4n) is 2.27. The summed E-state index contributed by atoms with van der Waals surface area (Å²) >= 11 is 0. The molecule has 0 bridgehead atoms. The van der Waals surface area contributed by atoms with Crippen LogP contribution >= 0.6 is 0 Å². The van der Waals surface area contributed by atoms with Crippen molar-refractivity contribution in [2.24, 2.45) is 0 Å². The van der Waals surface area contributed by atoms with Crippen LogP contribution in [-0.4, -0.2) is 16.1 Å². The lowest BCUT2D eigenvalue weighted by Crippen LogP contribution is -2.16. The summed E-state index contributed by atoms with van der Waals surface area (Å²) in [5.74, 6) is 1.15. The summed E-state index contributed by atoms with van der Waals surface area (Å²) in [7, 11) is 0. The van der Waals surface area contributed by atoms with E-state index in [2.05, 4.69) is 59.2 Å². The van der Waals surface area contributed by atoms with Gasteiger partial charge in [-0.2, -0.15) is 0 Å². The van der Waals surface area contributed by atoms with E-state index in [1.807, 2.05) is 6.20 Å². The predicted molar refractivity (Wildman–Crippen MR) is 79.1 cm³/mol. The number of nitrogens with zero attached hydrogens (tertiary/aromatic N) is 2. The van der Waals surface area contributed by atoms with Crippen molar-refractivity contribution in [3.63, 3.8) is 0 Å². The predicted octanol–water partition coefficient (Wildman–Crippen LogP) is 2.99. The number of aromatic nitrogens is 2. The Kier molecular flexibility index (Phi) is 5.16. The molecule has 0 saturated heterocycles. The number of imidazole rings is 1. The van der Waals surface area contributed by atoms with Crippen molar-refractivity contribution >= 4 is 0 Å². The van der Waals surface area contributed by atoms with Crippen LogP contribution in [0, 0.1) is 0 Å².